The molecule has 0 bridgehead atoms. The molecule has 0 spiro atoms. The zero-order valence-electron chi connectivity index (χ0n) is 18.4. The molecule has 4 N–H and O–H groups in total. The van der Waals surface area contributed by atoms with Crippen molar-refractivity contribution in [3.05, 3.63) is 76.1 Å². The molecule has 35 heavy (non-hydrogen) atoms. The van der Waals surface area contributed by atoms with Crippen molar-refractivity contribution in [1.29, 1.82) is 0 Å². The van der Waals surface area contributed by atoms with E-state index in [0.717, 1.165) is 40.6 Å². The van der Waals surface area contributed by atoms with Gasteiger partial charge in [0.25, 0.3) is 15.6 Å². The fourth-order valence-electron chi connectivity index (χ4n) is 3.43. The molecule has 182 valence electrons. The Balaban J connectivity index is 1.60. The lowest BCUT2D eigenvalue weighted by atomic mass is 10.1. The second-order valence-electron chi connectivity index (χ2n) is 7.53. The van der Waals surface area contributed by atoms with E-state index < -0.39 is 33.3 Å². The van der Waals surface area contributed by atoms with Crippen molar-refractivity contribution < 1.29 is 22.7 Å². The molecule has 0 radical (unpaired) electrons. The molecule has 12 heteroatoms. The zero-order valence-corrected chi connectivity index (χ0v) is 20.0. The summed E-state index contributed by atoms with van der Waals surface area (Å²) in [7, 11) is -4.06. The lowest BCUT2D eigenvalue weighted by Gasteiger charge is -2.14. The summed E-state index contributed by atoms with van der Waals surface area (Å²) in [5.74, 6) is -1.35. The lowest BCUT2D eigenvalue weighted by Crippen LogP contribution is -2.34. The molecule has 0 unspecified atom stereocenters. The third-order valence-electron chi connectivity index (χ3n) is 5.02. The van der Waals surface area contributed by atoms with Crippen LogP contribution in [-0.4, -0.2) is 30.7 Å². The number of aromatic hydroxyl groups is 1. The number of carbonyl (C=O) groups excluding carboxylic acids is 1. The van der Waals surface area contributed by atoms with E-state index in [4.69, 9.17) is 0 Å². The zero-order chi connectivity index (χ0) is 25.2. The quantitative estimate of drug-likeness (QED) is 0.291. The maximum Gasteiger partial charge on any atom is 0.333 e. The molecule has 0 saturated heterocycles. The van der Waals surface area contributed by atoms with Crippen LogP contribution in [0.5, 0.6) is 5.88 Å². The summed E-state index contributed by atoms with van der Waals surface area (Å²) >= 11 is 0.938. The Labute approximate surface area is 203 Å². The number of hydrogen-bond acceptors (Lipinski definition) is 7. The molecule has 0 saturated carbocycles. The molecule has 0 aliphatic rings. The maximum atomic E-state index is 14.9. The number of carbonyl (C=O) groups is 1. The minimum Gasteiger partial charge on any atom is -0.494 e. The topological polar surface area (TPSA) is 130 Å². The predicted octanol–water partition coefficient (Wildman–Crippen LogP) is 4.23. The van der Waals surface area contributed by atoms with Gasteiger partial charge in [-0.05, 0) is 59.7 Å². The van der Waals surface area contributed by atoms with Gasteiger partial charge in [0.15, 0.2) is 0 Å². The van der Waals surface area contributed by atoms with Crippen molar-refractivity contribution in [2.45, 2.75) is 17.6 Å². The summed E-state index contributed by atoms with van der Waals surface area (Å²) in [5, 5.41) is 18.6. The van der Waals surface area contributed by atoms with Gasteiger partial charge in [-0.15, -0.1) is 11.3 Å². The summed E-state index contributed by atoms with van der Waals surface area (Å²) in [6, 6.07) is 11.6. The Bertz CT molecular complexity index is 1570. The van der Waals surface area contributed by atoms with E-state index in [1.807, 2.05) is 11.6 Å². The number of urea groups is 1. The first-order valence-corrected chi connectivity index (χ1v) is 12.9. The number of aromatic nitrogens is 1. The molecule has 4 rings (SSSR count). The van der Waals surface area contributed by atoms with E-state index in [0.29, 0.717) is 10.8 Å². The van der Waals surface area contributed by atoms with E-state index in [1.165, 1.54) is 30.3 Å². The van der Waals surface area contributed by atoms with Gasteiger partial charge in [0.2, 0.25) is 5.88 Å². The second-order valence-corrected chi connectivity index (χ2v) is 10.4. The van der Waals surface area contributed by atoms with Gasteiger partial charge in [0, 0.05) is 29.4 Å². The Hall–Kier alpha value is -3.90. The highest BCUT2D eigenvalue weighted by Crippen LogP contribution is 2.29. The van der Waals surface area contributed by atoms with Crippen LogP contribution >= 0.6 is 11.3 Å². The predicted molar refractivity (Wildman–Crippen MR) is 134 cm³/mol. The molecule has 4 aromatic rings. The lowest BCUT2D eigenvalue weighted by molar-refractivity contribution is 0.256. The van der Waals surface area contributed by atoms with Crippen LogP contribution in [0.15, 0.2) is 69.0 Å². The number of rotatable bonds is 7. The van der Waals surface area contributed by atoms with E-state index in [-0.39, 0.29) is 15.6 Å². The van der Waals surface area contributed by atoms with Crippen molar-refractivity contribution in [2.24, 2.45) is 0 Å². The number of benzene rings is 2. The minimum atomic E-state index is -4.06. The maximum absolute atomic E-state index is 14.9. The SMILES string of the molecule is CCCNc1ccc2c(O)n(-c3ccc(NC(=O)NS(=O)(=O)c4cccs4)cc3F)c(=O)cc2c1. The van der Waals surface area contributed by atoms with Crippen LogP contribution in [0.25, 0.3) is 16.5 Å². The first-order valence-electron chi connectivity index (χ1n) is 10.5. The van der Waals surface area contributed by atoms with E-state index in [2.05, 4.69) is 10.6 Å². The third kappa shape index (κ3) is 5.12. The van der Waals surface area contributed by atoms with Crippen LogP contribution in [0.4, 0.5) is 20.6 Å². The monoisotopic (exact) mass is 516 g/mol. The number of anilines is 2. The molecule has 0 aliphatic carbocycles. The van der Waals surface area contributed by atoms with Crippen molar-refractivity contribution in [3.8, 4) is 11.6 Å². The normalized spacial score (nSPS) is 11.4. The Morgan fingerprint density at radius 3 is 2.57 bits per heavy atom. The van der Waals surface area contributed by atoms with Crippen molar-refractivity contribution >= 4 is 49.5 Å². The number of amides is 2. The standard InChI is InChI=1S/C23H21FN4O5S2/c1-2-9-25-15-5-7-17-14(11-15)12-20(29)28(22(17)30)19-8-6-16(13-18(19)24)26-23(31)27-35(32,33)21-4-3-10-34-21/h3-8,10-13,25,30H,2,9H2,1H3,(H2,26,27,31). The largest absolute Gasteiger partial charge is 0.494 e. The summed E-state index contributed by atoms with van der Waals surface area (Å²) in [6.45, 7) is 2.77. The number of pyridine rings is 1. The van der Waals surface area contributed by atoms with Gasteiger partial charge in [-0.3, -0.25) is 4.79 Å². The molecule has 2 amide bonds. The first kappa shape index (κ1) is 24.2. The van der Waals surface area contributed by atoms with Crippen LogP contribution in [0.3, 0.4) is 0 Å². The summed E-state index contributed by atoms with van der Waals surface area (Å²) in [6.07, 6.45) is 0.918. The molecular weight excluding hydrogens is 495 g/mol. The third-order valence-corrected chi connectivity index (χ3v) is 7.74. The molecule has 9 nitrogen and oxygen atoms in total. The van der Waals surface area contributed by atoms with Crippen molar-refractivity contribution in [1.82, 2.24) is 9.29 Å². The smallest absolute Gasteiger partial charge is 0.333 e. The molecule has 2 aromatic carbocycles. The summed E-state index contributed by atoms with van der Waals surface area (Å²) < 4.78 is 41.9. The van der Waals surface area contributed by atoms with Gasteiger partial charge in [-0.2, -0.15) is 0 Å². The second kappa shape index (κ2) is 9.76. The van der Waals surface area contributed by atoms with Crippen molar-refractivity contribution in [3.63, 3.8) is 0 Å². The number of thiophene rings is 1. The fourth-order valence-corrected chi connectivity index (χ4v) is 5.33. The van der Waals surface area contributed by atoms with Gasteiger partial charge in [0.1, 0.15) is 10.0 Å². The number of sulfonamides is 1. The van der Waals surface area contributed by atoms with E-state index in [1.54, 1.807) is 23.6 Å². The molecule has 2 aromatic heterocycles. The van der Waals surface area contributed by atoms with Gasteiger partial charge >= 0.3 is 6.03 Å². The van der Waals surface area contributed by atoms with Gasteiger partial charge < -0.3 is 15.7 Å². The molecular formula is C23H21FN4O5S2. The fraction of sp³-hybridized carbons (Fsp3) is 0.130. The summed E-state index contributed by atoms with van der Waals surface area (Å²) in [4.78, 5) is 24.9. The van der Waals surface area contributed by atoms with Gasteiger partial charge in [-0.1, -0.05) is 13.0 Å². The Morgan fingerprint density at radius 1 is 1.11 bits per heavy atom. The van der Waals surface area contributed by atoms with Gasteiger partial charge in [-0.25, -0.2) is 26.9 Å². The number of halogens is 1. The molecule has 0 aliphatic heterocycles. The van der Waals surface area contributed by atoms with Crippen LogP contribution in [0.2, 0.25) is 0 Å². The van der Waals surface area contributed by atoms with Crippen LogP contribution < -0.4 is 20.9 Å². The average molecular weight is 517 g/mol. The minimum absolute atomic E-state index is 0.0476. The van der Waals surface area contributed by atoms with Gasteiger partial charge in [0.05, 0.1) is 5.69 Å². The highest BCUT2D eigenvalue weighted by Gasteiger charge is 2.20. The number of hydrogen-bond donors (Lipinski definition) is 4. The number of fused-ring (bicyclic) bond motifs is 1. The first-order chi connectivity index (χ1) is 16.7. The van der Waals surface area contributed by atoms with Crippen LogP contribution in [0.1, 0.15) is 13.3 Å². The van der Waals surface area contributed by atoms with E-state index >= 15 is 0 Å². The van der Waals surface area contributed by atoms with Crippen molar-refractivity contribution in [2.75, 3.05) is 17.2 Å². The highest BCUT2D eigenvalue weighted by molar-refractivity contribution is 7.92. The molecule has 2 heterocycles. The van der Waals surface area contributed by atoms with Crippen LogP contribution in [0, 0.1) is 5.82 Å². The summed E-state index contributed by atoms with van der Waals surface area (Å²) in [5.41, 5.74) is -0.149. The highest BCUT2D eigenvalue weighted by atomic mass is 32.2. The number of nitrogens with one attached hydrogen (secondary N) is 3. The Kier molecular flexibility index (Phi) is 6.76. The van der Waals surface area contributed by atoms with E-state index in [9.17, 15) is 27.5 Å². The van der Waals surface area contributed by atoms with Crippen LogP contribution in [-0.2, 0) is 10.0 Å². The number of nitrogens with zero attached hydrogens (tertiary/aromatic N) is 1. The molecule has 0 atom stereocenters. The Morgan fingerprint density at radius 2 is 1.89 bits per heavy atom. The average Bonchev–Trinajstić information content (AvgIpc) is 3.34. The molecule has 0 fully saturated rings.